The van der Waals surface area contributed by atoms with Gasteiger partial charge in [0, 0.05) is 11.6 Å². The number of hydrogen-bond donors (Lipinski definition) is 2. The van der Waals surface area contributed by atoms with Gasteiger partial charge in [0.2, 0.25) is 0 Å². The van der Waals surface area contributed by atoms with E-state index in [2.05, 4.69) is 10.1 Å². The van der Waals surface area contributed by atoms with Gasteiger partial charge in [0.05, 0.1) is 13.2 Å². The summed E-state index contributed by atoms with van der Waals surface area (Å²) in [5.41, 5.74) is 0.310. The molecule has 0 aliphatic heterocycles. The third-order valence-electron chi connectivity index (χ3n) is 3.67. The Hall–Kier alpha value is -1.89. The highest BCUT2D eigenvalue weighted by atomic mass is 19.3. The Labute approximate surface area is 127 Å². The summed E-state index contributed by atoms with van der Waals surface area (Å²) in [7, 11) is 1.32. The van der Waals surface area contributed by atoms with Gasteiger partial charge in [-0.1, -0.05) is 0 Å². The third kappa shape index (κ3) is 4.30. The fourth-order valence-corrected chi connectivity index (χ4v) is 2.49. The van der Waals surface area contributed by atoms with Crippen molar-refractivity contribution in [2.24, 2.45) is 0 Å². The first-order chi connectivity index (χ1) is 10.5. The van der Waals surface area contributed by atoms with Gasteiger partial charge in [-0.15, -0.1) is 0 Å². The predicted molar refractivity (Wildman–Crippen MR) is 75.4 cm³/mol. The Kier molecular flexibility index (Phi) is 5.54. The van der Waals surface area contributed by atoms with E-state index >= 15 is 0 Å². The summed E-state index contributed by atoms with van der Waals surface area (Å²) in [4.78, 5) is 12.2. The third-order valence-corrected chi connectivity index (χ3v) is 3.67. The second-order valence-electron chi connectivity index (χ2n) is 5.22. The van der Waals surface area contributed by atoms with Gasteiger partial charge in [-0.2, -0.15) is 8.78 Å². The van der Waals surface area contributed by atoms with E-state index in [1.54, 1.807) is 0 Å². The normalized spacial score (nSPS) is 21.5. The summed E-state index contributed by atoms with van der Waals surface area (Å²) in [6, 6.07) is 4.07. The minimum Gasteiger partial charge on any atom is -0.493 e. The fourth-order valence-electron chi connectivity index (χ4n) is 2.49. The second-order valence-corrected chi connectivity index (χ2v) is 5.22. The van der Waals surface area contributed by atoms with Crippen LogP contribution in [0, 0.1) is 0 Å². The van der Waals surface area contributed by atoms with Crippen molar-refractivity contribution in [3.8, 4) is 11.5 Å². The van der Waals surface area contributed by atoms with Crippen LogP contribution in [0.5, 0.6) is 11.5 Å². The number of amides is 1. The Morgan fingerprint density at radius 2 is 1.95 bits per heavy atom. The van der Waals surface area contributed by atoms with E-state index in [1.807, 2.05) is 0 Å². The van der Waals surface area contributed by atoms with Crippen LogP contribution in [-0.2, 0) is 0 Å². The van der Waals surface area contributed by atoms with Gasteiger partial charge >= 0.3 is 6.61 Å². The van der Waals surface area contributed by atoms with Gasteiger partial charge in [0.1, 0.15) is 0 Å². The monoisotopic (exact) mass is 315 g/mol. The lowest BCUT2D eigenvalue weighted by atomic mass is 9.93. The molecule has 1 fully saturated rings. The predicted octanol–water partition coefficient (Wildman–Crippen LogP) is 2.33. The average Bonchev–Trinajstić information content (AvgIpc) is 2.49. The second kappa shape index (κ2) is 7.40. The Balaban J connectivity index is 2.03. The van der Waals surface area contributed by atoms with E-state index in [-0.39, 0.29) is 29.6 Å². The molecular formula is C15H19F2NO4. The molecule has 1 saturated carbocycles. The first-order valence-corrected chi connectivity index (χ1v) is 7.11. The lowest BCUT2D eigenvalue weighted by Crippen LogP contribution is -2.38. The molecule has 1 aromatic rings. The highest BCUT2D eigenvalue weighted by Gasteiger charge is 2.22. The van der Waals surface area contributed by atoms with Crippen molar-refractivity contribution >= 4 is 5.91 Å². The number of aliphatic hydroxyl groups excluding tert-OH is 1. The molecule has 0 unspecified atom stereocenters. The zero-order valence-corrected chi connectivity index (χ0v) is 12.2. The minimum absolute atomic E-state index is 0.0129. The van der Waals surface area contributed by atoms with E-state index in [4.69, 9.17) is 4.74 Å². The van der Waals surface area contributed by atoms with Crippen molar-refractivity contribution < 1.29 is 28.2 Å². The molecule has 0 spiro atoms. The number of aliphatic hydroxyl groups is 1. The van der Waals surface area contributed by atoms with Crippen LogP contribution < -0.4 is 14.8 Å². The number of benzene rings is 1. The van der Waals surface area contributed by atoms with Gasteiger partial charge in [-0.25, -0.2) is 0 Å². The van der Waals surface area contributed by atoms with Crippen LogP contribution >= 0.6 is 0 Å². The lowest BCUT2D eigenvalue weighted by molar-refractivity contribution is -0.0512. The van der Waals surface area contributed by atoms with Crippen LogP contribution in [0.15, 0.2) is 18.2 Å². The van der Waals surface area contributed by atoms with Gasteiger partial charge < -0.3 is 19.9 Å². The van der Waals surface area contributed by atoms with Crippen molar-refractivity contribution in [3.05, 3.63) is 23.8 Å². The van der Waals surface area contributed by atoms with E-state index in [9.17, 15) is 18.7 Å². The number of rotatable bonds is 5. The van der Waals surface area contributed by atoms with E-state index in [0.717, 1.165) is 12.8 Å². The lowest BCUT2D eigenvalue weighted by Gasteiger charge is -2.26. The molecule has 0 saturated heterocycles. The largest absolute Gasteiger partial charge is 0.493 e. The molecule has 0 atom stereocenters. The summed E-state index contributed by atoms with van der Waals surface area (Å²) in [5.74, 6) is -0.342. The maximum atomic E-state index is 12.3. The minimum atomic E-state index is -2.96. The zero-order valence-electron chi connectivity index (χ0n) is 12.2. The summed E-state index contributed by atoms with van der Waals surface area (Å²) in [6.45, 7) is -2.96. The van der Waals surface area contributed by atoms with Crippen LogP contribution in [-0.4, -0.2) is 36.9 Å². The Morgan fingerprint density at radius 1 is 1.27 bits per heavy atom. The first-order valence-electron chi connectivity index (χ1n) is 7.11. The van der Waals surface area contributed by atoms with E-state index < -0.39 is 6.61 Å². The molecule has 2 N–H and O–H groups in total. The number of hydrogen-bond acceptors (Lipinski definition) is 4. The molecule has 22 heavy (non-hydrogen) atoms. The van der Waals surface area contributed by atoms with Gasteiger partial charge in [-0.3, -0.25) is 4.79 Å². The molecule has 2 rings (SSSR count). The highest BCUT2D eigenvalue weighted by Crippen LogP contribution is 2.29. The summed E-state index contributed by atoms with van der Waals surface area (Å²) >= 11 is 0. The van der Waals surface area contributed by atoms with Crippen molar-refractivity contribution in [1.82, 2.24) is 5.32 Å². The standard InChI is InChI=1S/C15H19F2NO4/c1-21-13-8-9(2-7-12(13)22-15(16)17)14(20)18-10-3-5-11(19)6-4-10/h2,7-8,10-11,15,19H,3-6H2,1H3,(H,18,20). The molecule has 1 aliphatic rings. The van der Waals surface area contributed by atoms with Crippen LogP contribution in [0.25, 0.3) is 0 Å². The van der Waals surface area contributed by atoms with Crippen molar-refractivity contribution in [2.75, 3.05) is 7.11 Å². The molecule has 0 heterocycles. The van der Waals surface area contributed by atoms with Crippen LogP contribution in [0.3, 0.4) is 0 Å². The molecule has 1 amide bonds. The van der Waals surface area contributed by atoms with E-state index in [1.165, 1.54) is 25.3 Å². The molecule has 0 aromatic heterocycles. The molecular weight excluding hydrogens is 296 g/mol. The topological polar surface area (TPSA) is 67.8 Å². The summed E-state index contributed by atoms with van der Waals surface area (Å²) < 4.78 is 33.8. The molecule has 7 heteroatoms. The zero-order chi connectivity index (χ0) is 16.1. The average molecular weight is 315 g/mol. The van der Waals surface area contributed by atoms with Crippen LogP contribution in [0.2, 0.25) is 0 Å². The van der Waals surface area contributed by atoms with Crippen molar-refractivity contribution in [2.45, 2.75) is 44.4 Å². The maximum Gasteiger partial charge on any atom is 0.387 e. The Bertz CT molecular complexity index is 516. The van der Waals surface area contributed by atoms with Crippen molar-refractivity contribution in [1.29, 1.82) is 0 Å². The maximum absolute atomic E-state index is 12.3. The Morgan fingerprint density at radius 3 is 2.55 bits per heavy atom. The molecule has 5 nitrogen and oxygen atoms in total. The molecule has 0 bridgehead atoms. The molecule has 1 aromatic carbocycles. The fraction of sp³-hybridized carbons (Fsp3) is 0.533. The van der Waals surface area contributed by atoms with E-state index in [0.29, 0.717) is 18.4 Å². The number of halogens is 2. The number of methoxy groups -OCH3 is 1. The number of carbonyl (C=O) groups is 1. The SMILES string of the molecule is COc1cc(C(=O)NC2CCC(O)CC2)ccc1OC(F)F. The van der Waals surface area contributed by atoms with Gasteiger partial charge in [0.15, 0.2) is 11.5 Å². The number of carbonyl (C=O) groups excluding carboxylic acids is 1. The van der Waals surface area contributed by atoms with Gasteiger partial charge in [-0.05, 0) is 43.9 Å². The summed E-state index contributed by atoms with van der Waals surface area (Å²) in [6.07, 6.45) is 2.47. The number of nitrogens with one attached hydrogen (secondary N) is 1. The van der Waals surface area contributed by atoms with Crippen molar-refractivity contribution in [3.63, 3.8) is 0 Å². The summed E-state index contributed by atoms with van der Waals surface area (Å²) in [5, 5.41) is 12.3. The highest BCUT2D eigenvalue weighted by molar-refractivity contribution is 5.95. The first kappa shape index (κ1) is 16.5. The van der Waals surface area contributed by atoms with Gasteiger partial charge in [0.25, 0.3) is 5.91 Å². The number of alkyl halides is 2. The van der Waals surface area contributed by atoms with Crippen LogP contribution in [0.1, 0.15) is 36.0 Å². The molecule has 1 aliphatic carbocycles. The quantitative estimate of drug-likeness (QED) is 0.875. The van der Waals surface area contributed by atoms with Crippen LogP contribution in [0.4, 0.5) is 8.78 Å². The number of ether oxygens (including phenoxy) is 2. The molecule has 122 valence electrons. The smallest absolute Gasteiger partial charge is 0.387 e. The molecule has 0 radical (unpaired) electrons.